The Hall–Kier alpha value is -1.88. The van der Waals surface area contributed by atoms with Gasteiger partial charge in [0.1, 0.15) is 0 Å². The van der Waals surface area contributed by atoms with E-state index in [0.717, 1.165) is 44.6 Å². The molecular formula is C24H37N3O2. The molecular weight excluding hydrogens is 362 g/mol. The van der Waals surface area contributed by atoms with E-state index < -0.39 is 0 Å². The molecule has 0 spiro atoms. The minimum absolute atomic E-state index is 0.00145. The lowest BCUT2D eigenvalue weighted by Crippen LogP contribution is -2.62. The minimum Gasteiger partial charge on any atom is -0.369 e. The molecule has 0 atom stereocenters. The third-order valence-corrected chi connectivity index (χ3v) is 6.51. The van der Waals surface area contributed by atoms with Gasteiger partial charge in [0.25, 0.3) is 5.91 Å². The number of piperidine rings is 1. The van der Waals surface area contributed by atoms with E-state index >= 15 is 0 Å². The van der Waals surface area contributed by atoms with Gasteiger partial charge in [-0.1, -0.05) is 47.6 Å². The third-order valence-electron chi connectivity index (χ3n) is 6.51. The van der Waals surface area contributed by atoms with Gasteiger partial charge in [-0.05, 0) is 60.0 Å². The second-order valence-electron chi connectivity index (χ2n) is 10.9. The van der Waals surface area contributed by atoms with Crippen molar-refractivity contribution in [1.82, 2.24) is 9.80 Å². The van der Waals surface area contributed by atoms with Gasteiger partial charge in [-0.15, -0.1) is 0 Å². The van der Waals surface area contributed by atoms with Crippen LogP contribution < -0.4 is 5.73 Å². The Bertz CT molecular complexity index is 742. The highest BCUT2D eigenvalue weighted by atomic mass is 16.2. The van der Waals surface area contributed by atoms with E-state index in [1.54, 1.807) is 0 Å². The Morgan fingerprint density at radius 3 is 1.79 bits per heavy atom. The normalized spacial score (nSPS) is 19.9. The molecule has 2 N–H and O–H groups in total. The van der Waals surface area contributed by atoms with Gasteiger partial charge >= 0.3 is 0 Å². The van der Waals surface area contributed by atoms with Crippen molar-refractivity contribution in [3.63, 3.8) is 0 Å². The van der Waals surface area contributed by atoms with E-state index in [0.29, 0.717) is 6.04 Å². The van der Waals surface area contributed by atoms with Crippen LogP contribution in [0.4, 0.5) is 0 Å². The number of amides is 2. The molecule has 29 heavy (non-hydrogen) atoms. The second-order valence-corrected chi connectivity index (χ2v) is 10.9. The lowest BCUT2D eigenvalue weighted by molar-refractivity contribution is -0.123. The maximum atomic E-state index is 13.2. The van der Waals surface area contributed by atoms with Crippen molar-refractivity contribution in [1.29, 1.82) is 0 Å². The zero-order chi connectivity index (χ0) is 21.6. The summed E-state index contributed by atoms with van der Waals surface area (Å²) >= 11 is 0. The maximum absolute atomic E-state index is 13.2. The van der Waals surface area contributed by atoms with Gasteiger partial charge in [0, 0.05) is 30.6 Å². The van der Waals surface area contributed by atoms with E-state index in [2.05, 4.69) is 64.6 Å². The Kier molecular flexibility index (Phi) is 5.83. The molecule has 5 heteroatoms. The molecule has 2 heterocycles. The average molecular weight is 400 g/mol. The first-order chi connectivity index (χ1) is 13.4. The van der Waals surface area contributed by atoms with Crippen LogP contribution in [0.1, 0.15) is 75.9 Å². The van der Waals surface area contributed by atoms with Crippen LogP contribution in [0.25, 0.3) is 0 Å². The monoisotopic (exact) mass is 399 g/mol. The van der Waals surface area contributed by atoms with Crippen LogP contribution >= 0.6 is 0 Å². The number of nitrogens with two attached hydrogens (primary N) is 1. The molecule has 0 aliphatic carbocycles. The Labute approximate surface area is 175 Å². The minimum atomic E-state index is -0.177. The molecule has 0 radical (unpaired) electrons. The smallest absolute Gasteiger partial charge is 0.253 e. The molecule has 2 aliphatic heterocycles. The molecule has 2 saturated heterocycles. The van der Waals surface area contributed by atoms with E-state index in [9.17, 15) is 9.59 Å². The van der Waals surface area contributed by atoms with Crippen molar-refractivity contribution in [2.45, 2.75) is 71.3 Å². The molecule has 1 aromatic carbocycles. The number of rotatable bonds is 3. The van der Waals surface area contributed by atoms with Gasteiger partial charge in [0.2, 0.25) is 5.91 Å². The summed E-state index contributed by atoms with van der Waals surface area (Å²) in [7, 11) is 0. The number of hydrogen-bond acceptors (Lipinski definition) is 3. The Morgan fingerprint density at radius 2 is 1.38 bits per heavy atom. The first-order valence-electron chi connectivity index (χ1n) is 10.8. The standard InChI is InChI=1S/C24H37N3O2/c1-23(2,3)18-11-17(12-19(13-18)24(4,5)6)22(29)27-14-20(15-27)26-9-7-16(8-10-26)21(25)28/h11-13,16,20H,7-10,14-15H2,1-6H3,(H2,25,28). The number of likely N-dealkylation sites (tertiary alicyclic amines) is 2. The molecule has 2 aliphatic rings. The summed E-state index contributed by atoms with van der Waals surface area (Å²) in [5.41, 5.74) is 8.65. The van der Waals surface area contributed by atoms with Gasteiger partial charge in [-0.25, -0.2) is 0 Å². The Morgan fingerprint density at radius 1 is 0.897 bits per heavy atom. The summed E-state index contributed by atoms with van der Waals surface area (Å²) < 4.78 is 0. The molecule has 1 aromatic rings. The molecule has 0 unspecified atom stereocenters. The molecule has 0 aromatic heterocycles. The van der Waals surface area contributed by atoms with Crippen molar-refractivity contribution in [2.24, 2.45) is 11.7 Å². The van der Waals surface area contributed by atoms with Crippen molar-refractivity contribution >= 4 is 11.8 Å². The maximum Gasteiger partial charge on any atom is 0.253 e. The molecule has 3 rings (SSSR count). The number of carbonyl (C=O) groups excluding carboxylic acids is 2. The highest BCUT2D eigenvalue weighted by molar-refractivity contribution is 5.95. The predicted octanol–water partition coefficient (Wildman–Crippen LogP) is 3.30. The van der Waals surface area contributed by atoms with Gasteiger partial charge in [0.15, 0.2) is 0 Å². The van der Waals surface area contributed by atoms with Gasteiger partial charge < -0.3 is 10.6 Å². The van der Waals surface area contributed by atoms with Gasteiger partial charge in [-0.2, -0.15) is 0 Å². The van der Waals surface area contributed by atoms with Crippen molar-refractivity contribution in [3.8, 4) is 0 Å². The fourth-order valence-electron chi connectivity index (χ4n) is 4.20. The first-order valence-corrected chi connectivity index (χ1v) is 10.8. The number of hydrogen-bond donors (Lipinski definition) is 1. The third kappa shape index (κ3) is 4.82. The van der Waals surface area contributed by atoms with Crippen molar-refractivity contribution in [2.75, 3.05) is 26.2 Å². The summed E-state index contributed by atoms with van der Waals surface area (Å²) in [6, 6.07) is 6.80. The summed E-state index contributed by atoms with van der Waals surface area (Å²) in [4.78, 5) is 28.9. The SMILES string of the molecule is CC(C)(C)c1cc(C(=O)N2CC(N3CCC(C(N)=O)CC3)C2)cc(C(C)(C)C)c1. The van der Waals surface area contributed by atoms with E-state index in [4.69, 9.17) is 5.73 Å². The van der Waals surface area contributed by atoms with Crippen LogP contribution in [0, 0.1) is 5.92 Å². The predicted molar refractivity (Wildman–Crippen MR) is 117 cm³/mol. The summed E-state index contributed by atoms with van der Waals surface area (Å²) in [6.45, 7) is 16.5. The lowest BCUT2D eigenvalue weighted by atomic mass is 9.79. The molecule has 5 nitrogen and oxygen atoms in total. The highest BCUT2D eigenvalue weighted by Crippen LogP contribution is 2.32. The summed E-state index contributed by atoms with van der Waals surface area (Å²) in [5, 5.41) is 0. The van der Waals surface area contributed by atoms with Crippen molar-refractivity contribution < 1.29 is 9.59 Å². The van der Waals surface area contributed by atoms with E-state index in [1.165, 1.54) is 11.1 Å². The number of primary amides is 1. The Balaban J connectivity index is 1.68. The van der Waals surface area contributed by atoms with E-state index in [-0.39, 0.29) is 28.6 Å². The molecule has 160 valence electrons. The fourth-order valence-corrected chi connectivity index (χ4v) is 4.20. The largest absolute Gasteiger partial charge is 0.369 e. The lowest BCUT2D eigenvalue weighted by Gasteiger charge is -2.47. The zero-order valence-electron chi connectivity index (χ0n) is 18.9. The quantitative estimate of drug-likeness (QED) is 0.848. The summed E-state index contributed by atoms with van der Waals surface area (Å²) in [6.07, 6.45) is 1.67. The summed E-state index contributed by atoms with van der Waals surface area (Å²) in [5.74, 6) is -0.0339. The van der Waals surface area contributed by atoms with Gasteiger partial charge in [0.05, 0.1) is 0 Å². The van der Waals surface area contributed by atoms with E-state index in [1.807, 2.05) is 4.90 Å². The number of benzene rings is 1. The molecule has 2 amide bonds. The second kappa shape index (κ2) is 7.75. The topological polar surface area (TPSA) is 66.6 Å². The first kappa shape index (κ1) is 21.8. The van der Waals surface area contributed by atoms with Crippen LogP contribution in [-0.2, 0) is 15.6 Å². The number of nitrogens with zero attached hydrogens (tertiary/aromatic N) is 2. The zero-order valence-corrected chi connectivity index (χ0v) is 18.9. The van der Waals surface area contributed by atoms with Gasteiger partial charge in [-0.3, -0.25) is 14.5 Å². The fraction of sp³-hybridized carbons (Fsp3) is 0.667. The average Bonchev–Trinajstić information content (AvgIpc) is 2.59. The van der Waals surface area contributed by atoms with Crippen LogP contribution in [0.2, 0.25) is 0 Å². The van der Waals surface area contributed by atoms with Crippen LogP contribution in [0.15, 0.2) is 18.2 Å². The molecule has 0 saturated carbocycles. The molecule has 2 fully saturated rings. The van der Waals surface area contributed by atoms with Crippen molar-refractivity contribution in [3.05, 3.63) is 34.9 Å². The van der Waals surface area contributed by atoms with Crippen LogP contribution in [-0.4, -0.2) is 53.8 Å². The highest BCUT2D eigenvalue weighted by Gasteiger charge is 2.37. The number of carbonyl (C=O) groups is 2. The van der Waals surface area contributed by atoms with Crippen LogP contribution in [0.5, 0.6) is 0 Å². The molecule has 0 bridgehead atoms. The van der Waals surface area contributed by atoms with Crippen LogP contribution in [0.3, 0.4) is 0 Å².